The lowest BCUT2D eigenvalue weighted by atomic mass is 10.1. The number of hydrogen-bond acceptors (Lipinski definition) is 7. The minimum atomic E-state index is -0.533. The van der Waals surface area contributed by atoms with Gasteiger partial charge in [-0.15, -0.1) is 10.2 Å². The number of aryl methyl sites for hydroxylation is 1. The second-order valence-corrected chi connectivity index (χ2v) is 7.13. The molecule has 11 heteroatoms. The first kappa shape index (κ1) is 19.8. The van der Waals surface area contributed by atoms with Crippen LogP contribution in [-0.4, -0.2) is 25.2 Å². The molecule has 0 spiro atoms. The zero-order valence-electron chi connectivity index (χ0n) is 15.5. The van der Waals surface area contributed by atoms with E-state index in [1.165, 1.54) is 29.2 Å². The zero-order chi connectivity index (χ0) is 21.3. The molecule has 2 aromatic carbocycles. The van der Waals surface area contributed by atoms with Gasteiger partial charge in [-0.1, -0.05) is 23.2 Å². The van der Waals surface area contributed by atoms with Gasteiger partial charge in [0.05, 0.1) is 40.4 Å². The second kappa shape index (κ2) is 8.10. The molecule has 0 fully saturated rings. The Balaban J connectivity index is 1.75. The van der Waals surface area contributed by atoms with Crippen LogP contribution in [0.2, 0.25) is 10.0 Å². The van der Waals surface area contributed by atoms with Crippen LogP contribution in [0, 0.1) is 17.1 Å². The van der Waals surface area contributed by atoms with Gasteiger partial charge in [0.15, 0.2) is 5.82 Å². The Morgan fingerprint density at radius 2 is 1.97 bits per heavy atom. The van der Waals surface area contributed by atoms with Gasteiger partial charge in [-0.05, 0) is 35.5 Å². The SMILES string of the molecule is Cn1nnc(CNc2cc(Cl)c3ncc(C#N)c(Nc4ccc(F)c(Cl)c4)c3c2)n1. The Kier molecular flexibility index (Phi) is 5.35. The summed E-state index contributed by atoms with van der Waals surface area (Å²) in [5.74, 6) is -0.0219. The maximum Gasteiger partial charge on any atom is 0.193 e. The van der Waals surface area contributed by atoms with Crippen LogP contribution in [0.3, 0.4) is 0 Å². The zero-order valence-corrected chi connectivity index (χ0v) is 17.0. The van der Waals surface area contributed by atoms with Gasteiger partial charge in [0.2, 0.25) is 0 Å². The molecule has 0 radical (unpaired) electrons. The lowest BCUT2D eigenvalue weighted by Crippen LogP contribution is -2.03. The number of anilines is 3. The number of fused-ring (bicyclic) bond motifs is 1. The molecule has 4 rings (SSSR count). The molecule has 2 N–H and O–H groups in total. The number of benzene rings is 2. The molecule has 0 aliphatic heterocycles. The van der Waals surface area contributed by atoms with Crippen molar-refractivity contribution in [2.75, 3.05) is 10.6 Å². The number of tetrazole rings is 1. The Hall–Kier alpha value is -3.48. The van der Waals surface area contributed by atoms with Gasteiger partial charge >= 0.3 is 0 Å². The largest absolute Gasteiger partial charge is 0.378 e. The van der Waals surface area contributed by atoms with Crippen molar-refractivity contribution in [1.29, 1.82) is 5.26 Å². The number of hydrogen-bond donors (Lipinski definition) is 2. The number of nitrogens with zero attached hydrogens (tertiary/aromatic N) is 6. The van der Waals surface area contributed by atoms with Crippen molar-refractivity contribution in [2.45, 2.75) is 6.54 Å². The van der Waals surface area contributed by atoms with Crippen LogP contribution in [-0.2, 0) is 13.6 Å². The van der Waals surface area contributed by atoms with Gasteiger partial charge in [0.1, 0.15) is 11.9 Å². The molecule has 0 bridgehead atoms. The van der Waals surface area contributed by atoms with Crippen molar-refractivity contribution in [3.05, 3.63) is 63.8 Å². The monoisotopic (exact) mass is 442 g/mol. The fraction of sp³-hybridized carbons (Fsp3) is 0.105. The summed E-state index contributed by atoms with van der Waals surface area (Å²) in [4.78, 5) is 5.67. The Bertz CT molecular complexity index is 1300. The van der Waals surface area contributed by atoms with Crippen LogP contribution < -0.4 is 10.6 Å². The van der Waals surface area contributed by atoms with Crippen LogP contribution in [0.15, 0.2) is 36.5 Å². The topological polar surface area (TPSA) is 104 Å². The first-order chi connectivity index (χ1) is 14.4. The highest BCUT2D eigenvalue weighted by molar-refractivity contribution is 6.36. The number of rotatable bonds is 5. The number of nitrogens with one attached hydrogen (secondary N) is 2. The number of halogens is 3. The van der Waals surface area contributed by atoms with Crippen molar-refractivity contribution in [2.24, 2.45) is 7.05 Å². The molecule has 2 aromatic heterocycles. The Morgan fingerprint density at radius 3 is 2.67 bits per heavy atom. The van der Waals surface area contributed by atoms with E-state index in [4.69, 9.17) is 23.2 Å². The molecule has 2 heterocycles. The minimum Gasteiger partial charge on any atom is -0.378 e. The molecule has 0 atom stereocenters. The highest BCUT2D eigenvalue weighted by atomic mass is 35.5. The Labute approximate surface area is 180 Å². The van der Waals surface area contributed by atoms with E-state index in [1.807, 2.05) is 0 Å². The van der Waals surface area contributed by atoms with Crippen LogP contribution >= 0.6 is 23.2 Å². The molecular formula is C19H13Cl2FN8. The quantitative estimate of drug-likeness (QED) is 0.470. The van der Waals surface area contributed by atoms with Gasteiger partial charge in [-0.2, -0.15) is 10.1 Å². The molecule has 0 saturated carbocycles. The summed E-state index contributed by atoms with van der Waals surface area (Å²) in [6.45, 7) is 0.331. The summed E-state index contributed by atoms with van der Waals surface area (Å²) in [5.41, 5.74) is 2.48. The summed E-state index contributed by atoms with van der Waals surface area (Å²) in [6, 6.07) is 9.84. The molecule has 0 amide bonds. The standard InChI is InChI=1S/C19H13Cl2FN8/c1-30-28-17(27-29-30)9-24-12-4-13-18(26-11-2-3-16(22)14(20)5-11)10(7-23)8-25-19(13)15(21)6-12/h2-6,8,24H,9H2,1H3,(H,25,26). The second-order valence-electron chi connectivity index (χ2n) is 6.32. The average molecular weight is 443 g/mol. The van der Waals surface area contributed by atoms with E-state index >= 15 is 0 Å². The number of nitriles is 1. The molecule has 4 aromatic rings. The normalized spacial score (nSPS) is 10.8. The average Bonchev–Trinajstić information content (AvgIpc) is 3.15. The third-order valence-electron chi connectivity index (χ3n) is 4.23. The van der Waals surface area contributed by atoms with Gasteiger partial charge in [-0.3, -0.25) is 4.98 Å². The molecule has 0 aliphatic rings. The summed E-state index contributed by atoms with van der Waals surface area (Å²) < 4.78 is 13.5. The maximum atomic E-state index is 13.5. The van der Waals surface area contributed by atoms with E-state index in [9.17, 15) is 9.65 Å². The fourth-order valence-corrected chi connectivity index (χ4v) is 3.32. The fourth-order valence-electron chi connectivity index (χ4n) is 2.87. The Morgan fingerprint density at radius 1 is 1.17 bits per heavy atom. The van der Waals surface area contributed by atoms with E-state index < -0.39 is 5.82 Å². The first-order valence-corrected chi connectivity index (χ1v) is 9.41. The van der Waals surface area contributed by atoms with Crippen molar-refractivity contribution >= 4 is 51.2 Å². The van der Waals surface area contributed by atoms with Crippen LogP contribution in [0.4, 0.5) is 21.5 Å². The summed E-state index contributed by atoms with van der Waals surface area (Å²) in [6.07, 6.45) is 1.43. The third-order valence-corrected chi connectivity index (χ3v) is 4.81. The van der Waals surface area contributed by atoms with Gasteiger partial charge in [0, 0.05) is 23.0 Å². The predicted octanol–water partition coefficient (Wildman–Crippen LogP) is 4.43. The lowest BCUT2D eigenvalue weighted by molar-refractivity contribution is 0.628. The number of pyridine rings is 1. The van der Waals surface area contributed by atoms with Crippen LogP contribution in [0.5, 0.6) is 0 Å². The predicted molar refractivity (Wildman–Crippen MR) is 112 cm³/mol. The van der Waals surface area contributed by atoms with Crippen molar-refractivity contribution in [3.8, 4) is 6.07 Å². The van der Waals surface area contributed by atoms with Gasteiger partial charge < -0.3 is 10.6 Å². The summed E-state index contributed by atoms with van der Waals surface area (Å²) in [7, 11) is 1.68. The smallest absolute Gasteiger partial charge is 0.193 e. The summed E-state index contributed by atoms with van der Waals surface area (Å²) in [5, 5.41) is 28.7. The van der Waals surface area contributed by atoms with E-state index in [2.05, 4.69) is 37.1 Å². The van der Waals surface area contributed by atoms with Gasteiger partial charge in [0.25, 0.3) is 0 Å². The van der Waals surface area contributed by atoms with E-state index in [0.717, 1.165) is 0 Å². The van der Waals surface area contributed by atoms with Crippen LogP contribution in [0.25, 0.3) is 10.9 Å². The van der Waals surface area contributed by atoms with E-state index in [-0.39, 0.29) is 5.02 Å². The maximum absolute atomic E-state index is 13.5. The highest BCUT2D eigenvalue weighted by Crippen LogP contribution is 2.35. The molecule has 0 aliphatic carbocycles. The molecule has 150 valence electrons. The highest BCUT2D eigenvalue weighted by Gasteiger charge is 2.14. The van der Waals surface area contributed by atoms with Gasteiger partial charge in [-0.25, -0.2) is 4.39 Å². The molecule has 0 unspecified atom stereocenters. The van der Waals surface area contributed by atoms with E-state index in [1.54, 1.807) is 19.2 Å². The molecular weight excluding hydrogens is 430 g/mol. The number of aromatic nitrogens is 5. The van der Waals surface area contributed by atoms with Crippen molar-refractivity contribution in [3.63, 3.8) is 0 Å². The van der Waals surface area contributed by atoms with E-state index in [0.29, 0.717) is 50.9 Å². The molecule has 0 saturated heterocycles. The third kappa shape index (κ3) is 3.96. The first-order valence-electron chi connectivity index (χ1n) is 8.66. The molecule has 30 heavy (non-hydrogen) atoms. The van der Waals surface area contributed by atoms with Crippen molar-refractivity contribution < 1.29 is 4.39 Å². The minimum absolute atomic E-state index is 0.0336. The summed E-state index contributed by atoms with van der Waals surface area (Å²) >= 11 is 12.3. The van der Waals surface area contributed by atoms with Crippen LogP contribution in [0.1, 0.15) is 11.4 Å². The molecule has 8 nitrogen and oxygen atoms in total. The lowest BCUT2D eigenvalue weighted by Gasteiger charge is -2.14. The van der Waals surface area contributed by atoms with Crippen molar-refractivity contribution in [1.82, 2.24) is 25.2 Å².